The minimum atomic E-state index is -0.733. The molecule has 1 saturated heterocycles. The molecule has 3 rings (SSSR count). The van der Waals surface area contributed by atoms with E-state index in [4.69, 9.17) is 0 Å². The van der Waals surface area contributed by atoms with E-state index >= 15 is 0 Å². The van der Waals surface area contributed by atoms with E-state index in [-0.39, 0.29) is 0 Å². The Hall–Kier alpha value is -0.670. The first-order valence-corrected chi connectivity index (χ1v) is 8.42. The highest BCUT2D eigenvalue weighted by molar-refractivity contribution is 7.99. The van der Waals surface area contributed by atoms with Crippen LogP contribution in [0.2, 0.25) is 0 Å². The molecule has 2 aliphatic rings. The highest BCUT2D eigenvalue weighted by Gasteiger charge is 2.31. The van der Waals surface area contributed by atoms with E-state index in [2.05, 4.69) is 34.9 Å². The fourth-order valence-corrected chi connectivity index (χ4v) is 4.54. The van der Waals surface area contributed by atoms with Gasteiger partial charge in [0.2, 0.25) is 0 Å². The quantitative estimate of drug-likeness (QED) is 0.898. The lowest BCUT2D eigenvalue weighted by molar-refractivity contribution is 0.0778. The number of hydrogen-bond acceptors (Lipinski definition) is 3. The number of benzene rings is 1. The standard InChI is InChI=1S/C16H23NOS/c1-16(2,18)14-6-3-7-15-13(14)8-9-17(15)12-5-4-10-19-11-12/h3,6-7,12,18H,4-5,8-11H2,1-2H3. The molecule has 2 nitrogen and oxygen atoms in total. The fourth-order valence-electron chi connectivity index (χ4n) is 3.38. The molecule has 2 aliphatic heterocycles. The predicted molar refractivity (Wildman–Crippen MR) is 83.1 cm³/mol. The molecular formula is C16H23NOS. The maximum Gasteiger partial charge on any atom is 0.0843 e. The molecule has 19 heavy (non-hydrogen) atoms. The number of fused-ring (bicyclic) bond motifs is 1. The van der Waals surface area contributed by atoms with E-state index in [0.717, 1.165) is 18.5 Å². The van der Waals surface area contributed by atoms with Gasteiger partial charge in [-0.05, 0) is 56.1 Å². The molecular weight excluding hydrogens is 254 g/mol. The van der Waals surface area contributed by atoms with Crippen molar-refractivity contribution in [2.24, 2.45) is 0 Å². The smallest absolute Gasteiger partial charge is 0.0843 e. The molecule has 0 aromatic heterocycles. The van der Waals surface area contributed by atoms with Gasteiger partial charge in [0.25, 0.3) is 0 Å². The number of rotatable bonds is 2. The number of nitrogens with zero attached hydrogens (tertiary/aromatic N) is 1. The van der Waals surface area contributed by atoms with E-state index < -0.39 is 5.60 Å². The van der Waals surface area contributed by atoms with Crippen molar-refractivity contribution >= 4 is 17.4 Å². The van der Waals surface area contributed by atoms with Crippen molar-refractivity contribution in [2.45, 2.75) is 44.8 Å². The van der Waals surface area contributed by atoms with Crippen LogP contribution in [0.1, 0.15) is 37.8 Å². The molecule has 2 heterocycles. The Morgan fingerprint density at radius 2 is 2.21 bits per heavy atom. The van der Waals surface area contributed by atoms with Gasteiger partial charge in [0.1, 0.15) is 0 Å². The van der Waals surface area contributed by atoms with Gasteiger partial charge >= 0.3 is 0 Å². The van der Waals surface area contributed by atoms with Gasteiger partial charge in [-0.2, -0.15) is 11.8 Å². The summed E-state index contributed by atoms with van der Waals surface area (Å²) in [6.07, 6.45) is 3.74. The van der Waals surface area contributed by atoms with Gasteiger partial charge in [0, 0.05) is 24.0 Å². The fraction of sp³-hybridized carbons (Fsp3) is 0.625. The van der Waals surface area contributed by atoms with Gasteiger partial charge in [-0.25, -0.2) is 0 Å². The second-order valence-electron chi connectivity index (χ2n) is 6.18. The van der Waals surface area contributed by atoms with Crippen LogP contribution in [0.3, 0.4) is 0 Å². The van der Waals surface area contributed by atoms with Crippen LogP contribution in [0.25, 0.3) is 0 Å². The van der Waals surface area contributed by atoms with Crippen molar-refractivity contribution in [3.05, 3.63) is 29.3 Å². The van der Waals surface area contributed by atoms with Crippen molar-refractivity contribution in [1.29, 1.82) is 0 Å². The zero-order valence-electron chi connectivity index (χ0n) is 11.9. The molecule has 0 saturated carbocycles. The average Bonchev–Trinajstić information content (AvgIpc) is 2.82. The molecule has 0 aliphatic carbocycles. The summed E-state index contributed by atoms with van der Waals surface area (Å²) in [5.74, 6) is 2.58. The Balaban J connectivity index is 1.92. The second-order valence-corrected chi connectivity index (χ2v) is 7.33. The zero-order valence-corrected chi connectivity index (χ0v) is 12.7. The van der Waals surface area contributed by atoms with Gasteiger partial charge in [0.05, 0.1) is 5.60 Å². The number of hydrogen-bond donors (Lipinski definition) is 1. The molecule has 1 aromatic rings. The summed E-state index contributed by atoms with van der Waals surface area (Å²) in [5, 5.41) is 10.3. The normalized spacial score (nSPS) is 23.5. The molecule has 0 spiro atoms. The topological polar surface area (TPSA) is 23.5 Å². The number of thioether (sulfide) groups is 1. The maximum absolute atomic E-state index is 10.3. The van der Waals surface area contributed by atoms with Crippen molar-refractivity contribution in [1.82, 2.24) is 0 Å². The summed E-state index contributed by atoms with van der Waals surface area (Å²) >= 11 is 2.08. The number of anilines is 1. The lowest BCUT2D eigenvalue weighted by Gasteiger charge is -2.33. The third-order valence-corrected chi connectivity index (χ3v) is 5.50. The van der Waals surface area contributed by atoms with Gasteiger partial charge < -0.3 is 10.0 Å². The van der Waals surface area contributed by atoms with Crippen molar-refractivity contribution in [3.63, 3.8) is 0 Å². The van der Waals surface area contributed by atoms with Crippen molar-refractivity contribution in [3.8, 4) is 0 Å². The van der Waals surface area contributed by atoms with Crippen LogP contribution < -0.4 is 4.90 Å². The van der Waals surface area contributed by atoms with Crippen molar-refractivity contribution < 1.29 is 5.11 Å². The lowest BCUT2D eigenvalue weighted by atomic mass is 9.92. The molecule has 0 bridgehead atoms. The van der Waals surface area contributed by atoms with Gasteiger partial charge in [0.15, 0.2) is 0 Å². The van der Waals surface area contributed by atoms with Crippen LogP contribution in [-0.2, 0) is 12.0 Å². The predicted octanol–water partition coefficient (Wildman–Crippen LogP) is 3.17. The molecule has 1 aromatic carbocycles. The van der Waals surface area contributed by atoms with Gasteiger partial charge in [-0.3, -0.25) is 0 Å². The summed E-state index contributed by atoms with van der Waals surface area (Å²) in [7, 11) is 0. The monoisotopic (exact) mass is 277 g/mol. The van der Waals surface area contributed by atoms with Crippen LogP contribution in [-0.4, -0.2) is 29.2 Å². The minimum absolute atomic E-state index is 0.692. The van der Waals surface area contributed by atoms with E-state index in [9.17, 15) is 5.11 Å². The highest BCUT2D eigenvalue weighted by atomic mass is 32.2. The summed E-state index contributed by atoms with van der Waals surface area (Å²) in [6.45, 7) is 4.90. The van der Waals surface area contributed by atoms with Crippen LogP contribution in [0, 0.1) is 0 Å². The largest absolute Gasteiger partial charge is 0.386 e. The first kappa shape index (κ1) is 13.3. The molecule has 104 valence electrons. The Morgan fingerprint density at radius 3 is 2.89 bits per heavy atom. The van der Waals surface area contributed by atoms with Gasteiger partial charge in [-0.1, -0.05) is 12.1 Å². The lowest BCUT2D eigenvalue weighted by Crippen LogP contribution is -2.37. The third kappa shape index (κ3) is 2.50. The molecule has 0 radical (unpaired) electrons. The van der Waals surface area contributed by atoms with E-state index in [1.165, 1.54) is 35.6 Å². The summed E-state index contributed by atoms with van der Waals surface area (Å²) in [5.41, 5.74) is 3.11. The van der Waals surface area contributed by atoms with E-state index in [0.29, 0.717) is 6.04 Å². The van der Waals surface area contributed by atoms with E-state index in [1.54, 1.807) is 0 Å². The minimum Gasteiger partial charge on any atom is -0.386 e. The van der Waals surface area contributed by atoms with Crippen LogP contribution in [0.5, 0.6) is 0 Å². The van der Waals surface area contributed by atoms with Crippen molar-refractivity contribution in [2.75, 3.05) is 23.0 Å². The van der Waals surface area contributed by atoms with Crippen LogP contribution >= 0.6 is 11.8 Å². The number of aliphatic hydroxyl groups is 1. The molecule has 1 fully saturated rings. The summed E-state index contributed by atoms with van der Waals surface area (Å²) in [4.78, 5) is 2.58. The second kappa shape index (κ2) is 5.02. The first-order valence-electron chi connectivity index (χ1n) is 7.26. The van der Waals surface area contributed by atoms with Crippen LogP contribution in [0.15, 0.2) is 18.2 Å². The molecule has 1 atom stereocenters. The zero-order chi connectivity index (χ0) is 13.5. The summed E-state index contributed by atoms with van der Waals surface area (Å²) in [6, 6.07) is 7.10. The van der Waals surface area contributed by atoms with Crippen LogP contribution in [0.4, 0.5) is 5.69 Å². The highest BCUT2D eigenvalue weighted by Crippen LogP contribution is 2.38. The Bertz CT molecular complexity index is 460. The average molecular weight is 277 g/mol. The SMILES string of the molecule is CC(C)(O)c1cccc2c1CCN2C1CCCSC1. The molecule has 0 amide bonds. The molecule has 1 N–H and O–H groups in total. The Kier molecular flexibility index (Phi) is 3.52. The molecule has 1 unspecified atom stereocenters. The Morgan fingerprint density at radius 1 is 1.37 bits per heavy atom. The molecule has 3 heteroatoms. The Labute approximate surface area is 120 Å². The van der Waals surface area contributed by atoms with E-state index in [1.807, 2.05) is 13.8 Å². The maximum atomic E-state index is 10.3. The summed E-state index contributed by atoms with van der Waals surface area (Å²) < 4.78 is 0. The first-order chi connectivity index (χ1) is 9.07. The van der Waals surface area contributed by atoms with Gasteiger partial charge in [-0.15, -0.1) is 0 Å². The third-order valence-electron chi connectivity index (χ3n) is 4.30.